The number of rotatable bonds is 3. The normalized spacial score (nSPS) is 10.4. The molecule has 1 N–H and O–H groups in total. The average molecular weight is 247 g/mol. The summed E-state index contributed by atoms with van der Waals surface area (Å²) in [5.41, 5.74) is 2.38. The number of hydrogen-bond donors (Lipinski definition) is 1. The number of pyridine rings is 1. The second kappa shape index (κ2) is 4.44. The van der Waals surface area contributed by atoms with Crippen LogP contribution in [0.5, 0.6) is 0 Å². The van der Waals surface area contributed by atoms with Crippen LogP contribution in [0.2, 0.25) is 0 Å². The summed E-state index contributed by atoms with van der Waals surface area (Å²) < 4.78 is 1.69. The fourth-order valence-corrected chi connectivity index (χ4v) is 1.64. The first-order chi connectivity index (χ1) is 8.47. The van der Waals surface area contributed by atoms with Crippen LogP contribution in [0.25, 0.3) is 0 Å². The van der Waals surface area contributed by atoms with Crippen LogP contribution in [-0.4, -0.2) is 19.7 Å². The lowest BCUT2D eigenvalue weighted by atomic mass is 10.2. The van der Waals surface area contributed by atoms with E-state index in [1.54, 1.807) is 11.6 Å². The third-order valence-electron chi connectivity index (χ3n) is 2.54. The van der Waals surface area contributed by atoms with Crippen molar-refractivity contribution in [3.05, 3.63) is 39.8 Å². The number of nitro groups is 1. The van der Waals surface area contributed by atoms with Gasteiger partial charge >= 0.3 is 0 Å². The van der Waals surface area contributed by atoms with Gasteiger partial charge in [0.25, 0.3) is 5.69 Å². The van der Waals surface area contributed by atoms with E-state index in [9.17, 15) is 10.1 Å². The van der Waals surface area contributed by atoms with Gasteiger partial charge in [0.1, 0.15) is 12.0 Å². The lowest BCUT2D eigenvalue weighted by Crippen LogP contribution is -1.98. The molecule has 2 rings (SSSR count). The second-order valence-corrected chi connectivity index (χ2v) is 4.04. The van der Waals surface area contributed by atoms with Gasteiger partial charge in [0.15, 0.2) is 0 Å². The smallest absolute Gasteiger partial charge is 0.287 e. The average Bonchev–Trinajstić information content (AvgIpc) is 2.60. The Morgan fingerprint density at radius 2 is 2.17 bits per heavy atom. The van der Waals surface area contributed by atoms with Gasteiger partial charge in [-0.15, -0.1) is 0 Å². The highest BCUT2D eigenvalue weighted by Crippen LogP contribution is 2.23. The van der Waals surface area contributed by atoms with Crippen molar-refractivity contribution < 1.29 is 4.92 Å². The van der Waals surface area contributed by atoms with E-state index in [-0.39, 0.29) is 5.69 Å². The molecule has 0 fully saturated rings. The van der Waals surface area contributed by atoms with Crippen LogP contribution in [0.3, 0.4) is 0 Å². The SMILES string of the molecule is Cc1cc([N+](=O)[O-])cnc1Nc1cn(C)nc1C. The zero-order valence-corrected chi connectivity index (χ0v) is 10.3. The summed E-state index contributed by atoms with van der Waals surface area (Å²) in [4.78, 5) is 14.2. The lowest BCUT2D eigenvalue weighted by Gasteiger charge is -2.06. The maximum absolute atomic E-state index is 10.6. The van der Waals surface area contributed by atoms with Crippen molar-refractivity contribution in [3.8, 4) is 0 Å². The van der Waals surface area contributed by atoms with Crippen molar-refractivity contribution in [2.75, 3.05) is 5.32 Å². The quantitative estimate of drug-likeness (QED) is 0.663. The Morgan fingerprint density at radius 1 is 1.44 bits per heavy atom. The Kier molecular flexibility index (Phi) is 2.97. The lowest BCUT2D eigenvalue weighted by molar-refractivity contribution is -0.385. The van der Waals surface area contributed by atoms with Crippen molar-refractivity contribution in [2.24, 2.45) is 7.05 Å². The van der Waals surface area contributed by atoms with Crippen LogP contribution in [0.1, 0.15) is 11.3 Å². The Labute approximate surface area is 104 Å². The van der Waals surface area contributed by atoms with E-state index in [1.165, 1.54) is 12.3 Å². The van der Waals surface area contributed by atoms with E-state index in [0.29, 0.717) is 11.4 Å². The van der Waals surface area contributed by atoms with Crippen molar-refractivity contribution in [2.45, 2.75) is 13.8 Å². The highest BCUT2D eigenvalue weighted by atomic mass is 16.6. The van der Waals surface area contributed by atoms with Gasteiger partial charge in [-0.2, -0.15) is 5.10 Å². The second-order valence-electron chi connectivity index (χ2n) is 4.04. The van der Waals surface area contributed by atoms with Crippen LogP contribution in [0.15, 0.2) is 18.5 Å². The first kappa shape index (κ1) is 12.0. The minimum atomic E-state index is -0.459. The molecule has 2 aromatic heterocycles. The molecule has 0 unspecified atom stereocenters. The topological polar surface area (TPSA) is 85.9 Å². The molecular weight excluding hydrogens is 234 g/mol. The first-order valence-electron chi connectivity index (χ1n) is 5.35. The Bertz CT molecular complexity index is 605. The number of aromatic nitrogens is 3. The molecule has 0 saturated carbocycles. The van der Waals surface area contributed by atoms with Crippen LogP contribution in [-0.2, 0) is 7.05 Å². The molecule has 7 nitrogen and oxygen atoms in total. The Balaban J connectivity index is 2.30. The van der Waals surface area contributed by atoms with Gasteiger partial charge in [-0.05, 0) is 19.4 Å². The number of nitrogens with zero attached hydrogens (tertiary/aromatic N) is 4. The summed E-state index contributed by atoms with van der Waals surface area (Å²) in [7, 11) is 1.83. The number of hydrogen-bond acceptors (Lipinski definition) is 5. The van der Waals surface area contributed by atoms with Gasteiger partial charge in [-0.25, -0.2) is 4.98 Å². The minimum Gasteiger partial charge on any atom is -0.337 e. The van der Waals surface area contributed by atoms with Gasteiger partial charge < -0.3 is 5.32 Å². The predicted octanol–water partition coefficient (Wildman–Crippen LogP) is 2.08. The van der Waals surface area contributed by atoms with E-state index < -0.39 is 4.92 Å². The molecule has 2 aromatic rings. The minimum absolute atomic E-state index is 0.0130. The van der Waals surface area contributed by atoms with Crippen molar-refractivity contribution in [1.29, 1.82) is 0 Å². The third-order valence-corrected chi connectivity index (χ3v) is 2.54. The zero-order valence-electron chi connectivity index (χ0n) is 10.3. The van der Waals surface area contributed by atoms with Crippen LogP contribution < -0.4 is 5.32 Å². The van der Waals surface area contributed by atoms with Gasteiger partial charge in [0.05, 0.1) is 16.3 Å². The molecule has 94 valence electrons. The fourth-order valence-electron chi connectivity index (χ4n) is 1.64. The number of nitrogens with one attached hydrogen (secondary N) is 1. The molecule has 0 atom stereocenters. The molecule has 0 aliphatic carbocycles. The molecule has 0 bridgehead atoms. The van der Waals surface area contributed by atoms with Gasteiger partial charge in [-0.3, -0.25) is 14.8 Å². The summed E-state index contributed by atoms with van der Waals surface area (Å²) in [6.07, 6.45) is 3.07. The van der Waals surface area contributed by atoms with E-state index in [2.05, 4.69) is 15.4 Å². The van der Waals surface area contributed by atoms with Gasteiger partial charge in [0, 0.05) is 19.3 Å². The van der Waals surface area contributed by atoms with Gasteiger partial charge in [0.2, 0.25) is 0 Å². The molecule has 0 amide bonds. The van der Waals surface area contributed by atoms with Crippen molar-refractivity contribution in [3.63, 3.8) is 0 Å². The molecule has 0 aliphatic rings. The molecule has 0 radical (unpaired) electrons. The van der Waals surface area contributed by atoms with Crippen LogP contribution in [0.4, 0.5) is 17.2 Å². The molecule has 7 heteroatoms. The largest absolute Gasteiger partial charge is 0.337 e. The molecular formula is C11H13N5O2. The summed E-state index contributed by atoms with van der Waals surface area (Å²) in [6, 6.07) is 1.49. The molecule has 2 heterocycles. The van der Waals surface area contributed by atoms with E-state index in [4.69, 9.17) is 0 Å². The van der Waals surface area contributed by atoms with E-state index in [0.717, 1.165) is 11.4 Å². The predicted molar refractivity (Wildman–Crippen MR) is 66.9 cm³/mol. The Morgan fingerprint density at radius 3 is 2.67 bits per heavy atom. The highest BCUT2D eigenvalue weighted by molar-refractivity contribution is 5.61. The van der Waals surface area contributed by atoms with Crippen LogP contribution >= 0.6 is 0 Å². The highest BCUT2D eigenvalue weighted by Gasteiger charge is 2.11. The number of anilines is 2. The summed E-state index contributed by atoms with van der Waals surface area (Å²) in [5, 5.41) is 17.9. The summed E-state index contributed by atoms with van der Waals surface area (Å²) >= 11 is 0. The monoisotopic (exact) mass is 247 g/mol. The molecule has 0 spiro atoms. The van der Waals surface area contributed by atoms with Gasteiger partial charge in [-0.1, -0.05) is 0 Å². The molecule has 18 heavy (non-hydrogen) atoms. The van der Waals surface area contributed by atoms with Crippen LogP contribution in [0, 0.1) is 24.0 Å². The third kappa shape index (κ3) is 2.29. The van der Waals surface area contributed by atoms with E-state index in [1.807, 2.05) is 20.2 Å². The van der Waals surface area contributed by atoms with E-state index >= 15 is 0 Å². The van der Waals surface area contributed by atoms with Crippen molar-refractivity contribution in [1.82, 2.24) is 14.8 Å². The summed E-state index contributed by atoms with van der Waals surface area (Å²) in [6.45, 7) is 3.65. The zero-order chi connectivity index (χ0) is 13.3. The molecule has 0 saturated heterocycles. The number of aryl methyl sites for hydroxylation is 3. The standard InChI is InChI=1S/C11H13N5O2/c1-7-4-9(16(17)18)5-12-11(7)13-10-6-15(3)14-8(10)2/h4-6H,1-3H3,(H,12,13). The van der Waals surface area contributed by atoms with Crippen molar-refractivity contribution >= 4 is 17.2 Å². The summed E-state index contributed by atoms with van der Waals surface area (Å²) in [5.74, 6) is 0.594. The molecule has 0 aliphatic heterocycles. The fraction of sp³-hybridized carbons (Fsp3) is 0.273. The Hall–Kier alpha value is -2.44. The maximum atomic E-state index is 10.6. The maximum Gasteiger partial charge on any atom is 0.287 e. The first-order valence-corrected chi connectivity index (χ1v) is 5.35. The molecule has 0 aromatic carbocycles.